The van der Waals surface area contributed by atoms with E-state index in [0.717, 1.165) is 11.6 Å². The molecule has 21 heavy (non-hydrogen) atoms. The van der Waals surface area contributed by atoms with E-state index in [1.54, 1.807) is 36.2 Å². The lowest BCUT2D eigenvalue weighted by Crippen LogP contribution is -2.24. The number of hydrogen-bond donors (Lipinski definition) is 1. The average molecular weight is 294 g/mol. The summed E-state index contributed by atoms with van der Waals surface area (Å²) in [5, 5.41) is 0. The molecule has 2 aromatic rings. The Bertz CT molecular complexity index is 623. The number of halogens is 3. The second-order valence-corrected chi connectivity index (χ2v) is 4.97. The number of anilines is 2. The maximum atomic E-state index is 13.1. The smallest absolute Gasteiger partial charge is 0.399 e. The predicted octanol–water partition coefficient (Wildman–Crippen LogP) is 4.49. The Morgan fingerprint density at radius 1 is 1.05 bits per heavy atom. The van der Waals surface area contributed by atoms with E-state index in [2.05, 4.69) is 0 Å². The standard InChI is InChI=1S/C16H17F3N2/c1-11(12-6-5-7-13(20)10-12)21(2)15-9-4-3-8-14(15)16(17,18)19/h3-11H,20H2,1-2H3. The summed E-state index contributed by atoms with van der Waals surface area (Å²) < 4.78 is 39.3. The predicted molar refractivity (Wildman–Crippen MR) is 79.1 cm³/mol. The van der Waals surface area contributed by atoms with Crippen molar-refractivity contribution in [2.24, 2.45) is 0 Å². The number of hydrogen-bond acceptors (Lipinski definition) is 2. The fourth-order valence-electron chi connectivity index (χ4n) is 2.27. The first-order valence-electron chi connectivity index (χ1n) is 6.55. The normalized spacial score (nSPS) is 13.0. The van der Waals surface area contributed by atoms with Gasteiger partial charge in [-0.05, 0) is 36.8 Å². The van der Waals surface area contributed by atoms with Gasteiger partial charge < -0.3 is 10.6 Å². The van der Waals surface area contributed by atoms with E-state index in [9.17, 15) is 13.2 Å². The van der Waals surface area contributed by atoms with Crippen molar-refractivity contribution in [1.29, 1.82) is 0 Å². The minimum absolute atomic E-state index is 0.153. The lowest BCUT2D eigenvalue weighted by Gasteiger charge is -2.30. The van der Waals surface area contributed by atoms with Crippen molar-refractivity contribution >= 4 is 11.4 Å². The van der Waals surface area contributed by atoms with Gasteiger partial charge in [0.05, 0.1) is 11.6 Å². The first kappa shape index (κ1) is 15.2. The average Bonchev–Trinajstić information content (AvgIpc) is 2.45. The van der Waals surface area contributed by atoms with E-state index < -0.39 is 11.7 Å². The van der Waals surface area contributed by atoms with Gasteiger partial charge >= 0.3 is 6.18 Å². The summed E-state index contributed by atoms with van der Waals surface area (Å²) >= 11 is 0. The SMILES string of the molecule is CC(c1cccc(N)c1)N(C)c1ccccc1C(F)(F)F. The molecular formula is C16H17F3N2. The third-order valence-electron chi connectivity index (χ3n) is 3.56. The zero-order valence-corrected chi connectivity index (χ0v) is 11.9. The Labute approximate surface area is 122 Å². The molecule has 2 N–H and O–H groups in total. The zero-order chi connectivity index (χ0) is 15.6. The van der Waals surface area contributed by atoms with Crippen molar-refractivity contribution in [2.45, 2.75) is 19.1 Å². The highest BCUT2D eigenvalue weighted by atomic mass is 19.4. The van der Waals surface area contributed by atoms with Crippen molar-refractivity contribution in [1.82, 2.24) is 0 Å². The molecule has 2 rings (SSSR count). The van der Waals surface area contributed by atoms with E-state index in [4.69, 9.17) is 5.73 Å². The van der Waals surface area contributed by atoms with Gasteiger partial charge in [0.25, 0.3) is 0 Å². The van der Waals surface area contributed by atoms with E-state index in [-0.39, 0.29) is 11.7 Å². The first-order chi connectivity index (χ1) is 9.80. The van der Waals surface area contributed by atoms with Crippen LogP contribution in [0.1, 0.15) is 24.1 Å². The molecule has 0 saturated heterocycles. The Balaban J connectivity index is 2.38. The van der Waals surface area contributed by atoms with Gasteiger partial charge in [-0.15, -0.1) is 0 Å². The Kier molecular flexibility index (Phi) is 4.11. The van der Waals surface area contributed by atoms with Crippen LogP contribution in [0.2, 0.25) is 0 Å². The van der Waals surface area contributed by atoms with Gasteiger partial charge in [0.1, 0.15) is 0 Å². The summed E-state index contributed by atoms with van der Waals surface area (Å²) in [6.07, 6.45) is -4.37. The molecule has 0 heterocycles. The maximum absolute atomic E-state index is 13.1. The van der Waals surface area contributed by atoms with Crippen LogP contribution in [0.3, 0.4) is 0 Å². The topological polar surface area (TPSA) is 29.3 Å². The minimum Gasteiger partial charge on any atom is -0.399 e. The molecule has 1 atom stereocenters. The third kappa shape index (κ3) is 3.29. The number of rotatable bonds is 3. The molecule has 5 heteroatoms. The molecule has 0 radical (unpaired) electrons. The van der Waals surface area contributed by atoms with Gasteiger partial charge in [0.2, 0.25) is 0 Å². The summed E-state index contributed by atoms with van der Waals surface area (Å²) in [7, 11) is 1.65. The van der Waals surface area contributed by atoms with Gasteiger partial charge in [0, 0.05) is 18.4 Å². The molecule has 0 aliphatic carbocycles. The molecule has 0 aliphatic rings. The number of nitrogens with zero attached hydrogens (tertiary/aromatic N) is 1. The van der Waals surface area contributed by atoms with Gasteiger partial charge in [-0.2, -0.15) is 13.2 Å². The Morgan fingerprint density at radius 3 is 2.33 bits per heavy atom. The molecule has 112 valence electrons. The quantitative estimate of drug-likeness (QED) is 0.845. The van der Waals surface area contributed by atoms with Crippen LogP contribution >= 0.6 is 0 Å². The summed E-state index contributed by atoms with van der Waals surface area (Å²) in [6.45, 7) is 1.85. The van der Waals surface area contributed by atoms with Crippen LogP contribution in [0, 0.1) is 0 Å². The molecule has 0 aromatic heterocycles. The highest BCUT2D eigenvalue weighted by Gasteiger charge is 2.34. The fraction of sp³-hybridized carbons (Fsp3) is 0.250. The number of alkyl halides is 3. The molecule has 2 nitrogen and oxygen atoms in total. The van der Waals surface area contributed by atoms with Crippen molar-refractivity contribution in [3.05, 3.63) is 59.7 Å². The fourth-order valence-corrected chi connectivity index (χ4v) is 2.27. The molecule has 0 spiro atoms. The Hall–Kier alpha value is -2.17. The summed E-state index contributed by atoms with van der Waals surface area (Å²) in [6, 6.07) is 12.5. The molecule has 0 bridgehead atoms. The van der Waals surface area contributed by atoms with Crippen molar-refractivity contribution in [3.63, 3.8) is 0 Å². The van der Waals surface area contributed by atoms with Crippen LogP contribution < -0.4 is 10.6 Å². The van der Waals surface area contributed by atoms with Crippen molar-refractivity contribution in [3.8, 4) is 0 Å². The third-order valence-corrected chi connectivity index (χ3v) is 3.56. The van der Waals surface area contributed by atoms with Crippen LogP contribution in [0.25, 0.3) is 0 Å². The number of benzene rings is 2. The van der Waals surface area contributed by atoms with Gasteiger partial charge in [-0.25, -0.2) is 0 Å². The molecule has 0 fully saturated rings. The van der Waals surface area contributed by atoms with E-state index >= 15 is 0 Å². The van der Waals surface area contributed by atoms with Crippen molar-refractivity contribution < 1.29 is 13.2 Å². The van der Waals surface area contributed by atoms with Gasteiger partial charge in [-0.3, -0.25) is 0 Å². The highest BCUT2D eigenvalue weighted by molar-refractivity contribution is 5.56. The zero-order valence-electron chi connectivity index (χ0n) is 11.9. The maximum Gasteiger partial charge on any atom is 0.418 e. The lowest BCUT2D eigenvalue weighted by molar-refractivity contribution is -0.137. The number of nitrogens with two attached hydrogens (primary N) is 1. The molecule has 0 amide bonds. The van der Waals surface area contributed by atoms with Crippen LogP contribution in [0.5, 0.6) is 0 Å². The lowest BCUT2D eigenvalue weighted by atomic mass is 10.0. The number of para-hydroxylation sites is 1. The van der Waals surface area contributed by atoms with E-state index in [1.807, 2.05) is 13.0 Å². The largest absolute Gasteiger partial charge is 0.418 e. The molecule has 1 unspecified atom stereocenters. The molecule has 0 aliphatic heterocycles. The van der Waals surface area contributed by atoms with Gasteiger partial charge in [-0.1, -0.05) is 24.3 Å². The van der Waals surface area contributed by atoms with Crippen LogP contribution in [0.4, 0.5) is 24.5 Å². The monoisotopic (exact) mass is 294 g/mol. The number of nitrogen functional groups attached to an aromatic ring is 1. The second-order valence-electron chi connectivity index (χ2n) is 4.97. The first-order valence-corrected chi connectivity index (χ1v) is 6.55. The summed E-state index contributed by atoms with van der Waals surface area (Å²) in [5.41, 5.74) is 6.72. The minimum atomic E-state index is -4.37. The summed E-state index contributed by atoms with van der Waals surface area (Å²) in [4.78, 5) is 1.61. The second kappa shape index (κ2) is 5.68. The van der Waals surface area contributed by atoms with Crippen LogP contribution in [-0.4, -0.2) is 7.05 Å². The van der Waals surface area contributed by atoms with E-state index in [1.165, 1.54) is 12.1 Å². The van der Waals surface area contributed by atoms with Crippen LogP contribution in [-0.2, 0) is 6.18 Å². The molecular weight excluding hydrogens is 277 g/mol. The summed E-state index contributed by atoms with van der Waals surface area (Å²) in [5.74, 6) is 0. The molecule has 2 aromatic carbocycles. The van der Waals surface area contributed by atoms with E-state index in [0.29, 0.717) is 5.69 Å². The van der Waals surface area contributed by atoms with Crippen LogP contribution in [0.15, 0.2) is 48.5 Å². The van der Waals surface area contributed by atoms with Gasteiger partial charge in [0.15, 0.2) is 0 Å². The Morgan fingerprint density at radius 2 is 1.71 bits per heavy atom. The highest BCUT2D eigenvalue weighted by Crippen LogP contribution is 2.38. The van der Waals surface area contributed by atoms with Crippen molar-refractivity contribution in [2.75, 3.05) is 17.7 Å². The molecule has 0 saturated carbocycles.